The van der Waals surface area contributed by atoms with Gasteiger partial charge in [0.05, 0.1) is 35.6 Å². The summed E-state index contributed by atoms with van der Waals surface area (Å²) in [5.74, 6) is 0.619. The summed E-state index contributed by atoms with van der Waals surface area (Å²) in [4.78, 5) is 22.6. The summed E-state index contributed by atoms with van der Waals surface area (Å²) in [7, 11) is 0. The number of hydrogen-bond donors (Lipinski definition) is 2. The molecule has 1 amide bonds. The molecule has 2 aromatic heterocycles. The lowest BCUT2D eigenvalue weighted by molar-refractivity contribution is -0.384. The van der Waals surface area contributed by atoms with Gasteiger partial charge in [0.1, 0.15) is 5.76 Å². The average molecular weight is 533 g/mol. The summed E-state index contributed by atoms with van der Waals surface area (Å²) in [6, 6.07) is 13.7. The number of nitrogens with one attached hydrogen (secondary N) is 2. The third kappa shape index (κ3) is 6.88. The standard InChI is InChI=1S/C23H19F3N6O4S/c24-23(25,26)15-3-1-4-17(11-15)27-12-20-29-30-22(31(20)13-19-5-2-10-36-19)37-14-21(33)28-16-6-8-18(9-7-16)32(34)35/h1-11,27H,12-14H2,(H,28,33). The molecule has 2 heterocycles. The maximum absolute atomic E-state index is 13.0. The molecule has 37 heavy (non-hydrogen) atoms. The number of nitrogens with zero attached hydrogens (tertiary/aromatic N) is 4. The van der Waals surface area contributed by atoms with Crippen LogP contribution in [0, 0.1) is 10.1 Å². The second kappa shape index (κ2) is 11.2. The van der Waals surface area contributed by atoms with E-state index in [2.05, 4.69) is 20.8 Å². The normalized spacial score (nSPS) is 11.3. The van der Waals surface area contributed by atoms with Crippen LogP contribution in [0.25, 0.3) is 0 Å². The first-order chi connectivity index (χ1) is 17.7. The van der Waals surface area contributed by atoms with Gasteiger partial charge < -0.3 is 15.1 Å². The molecule has 0 unspecified atom stereocenters. The molecule has 0 aliphatic carbocycles. The Morgan fingerprint density at radius 2 is 1.86 bits per heavy atom. The highest BCUT2D eigenvalue weighted by Gasteiger charge is 2.30. The van der Waals surface area contributed by atoms with E-state index >= 15 is 0 Å². The maximum Gasteiger partial charge on any atom is 0.416 e. The second-order valence-corrected chi connectivity index (χ2v) is 8.58. The number of alkyl halides is 3. The number of rotatable bonds is 10. The van der Waals surface area contributed by atoms with Gasteiger partial charge in [0.25, 0.3) is 5.69 Å². The number of nitro groups is 1. The Bertz CT molecular complexity index is 1370. The lowest BCUT2D eigenvalue weighted by Crippen LogP contribution is -2.15. The first-order valence-corrected chi connectivity index (χ1v) is 11.7. The minimum absolute atomic E-state index is 0.0334. The van der Waals surface area contributed by atoms with Crippen molar-refractivity contribution in [3.8, 4) is 0 Å². The molecule has 0 atom stereocenters. The first-order valence-electron chi connectivity index (χ1n) is 10.7. The topological polar surface area (TPSA) is 128 Å². The molecule has 0 radical (unpaired) electrons. The van der Waals surface area contributed by atoms with E-state index in [1.54, 1.807) is 16.7 Å². The van der Waals surface area contributed by atoms with E-state index in [0.717, 1.165) is 23.9 Å². The molecule has 14 heteroatoms. The molecule has 192 valence electrons. The number of carbonyl (C=O) groups excluding carboxylic acids is 1. The van der Waals surface area contributed by atoms with Crippen LogP contribution in [-0.4, -0.2) is 31.3 Å². The molecule has 4 aromatic rings. The van der Waals surface area contributed by atoms with Crippen LogP contribution in [0.2, 0.25) is 0 Å². The molecule has 0 bridgehead atoms. The molecule has 0 saturated carbocycles. The number of anilines is 2. The third-order valence-corrected chi connectivity index (χ3v) is 5.99. The maximum atomic E-state index is 13.0. The molecule has 10 nitrogen and oxygen atoms in total. The van der Waals surface area contributed by atoms with Crippen LogP contribution >= 0.6 is 11.8 Å². The Kier molecular flexibility index (Phi) is 7.77. The molecule has 4 rings (SSSR count). The smallest absolute Gasteiger partial charge is 0.416 e. The van der Waals surface area contributed by atoms with E-state index in [4.69, 9.17) is 4.42 Å². The summed E-state index contributed by atoms with van der Waals surface area (Å²) in [5, 5.41) is 25.0. The number of amides is 1. The largest absolute Gasteiger partial charge is 0.467 e. The molecular formula is C23H19F3N6O4S. The summed E-state index contributed by atoms with van der Waals surface area (Å²) >= 11 is 1.10. The zero-order chi connectivity index (χ0) is 26.4. The summed E-state index contributed by atoms with van der Waals surface area (Å²) in [5.41, 5.74) is -0.201. The van der Waals surface area contributed by atoms with Crippen LogP contribution in [0.5, 0.6) is 0 Å². The Labute approximate surface area is 212 Å². The van der Waals surface area contributed by atoms with Gasteiger partial charge in [0.2, 0.25) is 5.91 Å². The van der Waals surface area contributed by atoms with Gasteiger partial charge >= 0.3 is 6.18 Å². The fourth-order valence-electron chi connectivity index (χ4n) is 3.25. The summed E-state index contributed by atoms with van der Waals surface area (Å²) in [6.07, 6.45) is -2.96. The average Bonchev–Trinajstić information content (AvgIpc) is 3.52. The van der Waals surface area contributed by atoms with Crippen LogP contribution in [0.1, 0.15) is 17.1 Å². The predicted octanol–water partition coefficient (Wildman–Crippen LogP) is 5.19. The Morgan fingerprint density at radius 1 is 1.08 bits per heavy atom. The third-order valence-electron chi connectivity index (χ3n) is 5.02. The van der Waals surface area contributed by atoms with Crippen LogP contribution in [-0.2, 0) is 24.1 Å². The number of furan rings is 1. The number of non-ortho nitro benzene ring substituents is 1. The van der Waals surface area contributed by atoms with Crippen LogP contribution in [0.3, 0.4) is 0 Å². The first kappa shape index (κ1) is 25.8. The zero-order valence-electron chi connectivity index (χ0n) is 18.9. The second-order valence-electron chi connectivity index (χ2n) is 7.64. The van der Waals surface area contributed by atoms with E-state index < -0.39 is 16.7 Å². The van der Waals surface area contributed by atoms with Crippen molar-refractivity contribution < 1.29 is 27.3 Å². The number of benzene rings is 2. The van der Waals surface area contributed by atoms with Gasteiger partial charge in [-0.2, -0.15) is 13.2 Å². The minimum atomic E-state index is -4.46. The number of halogens is 3. The molecule has 0 fully saturated rings. The Hall–Kier alpha value is -4.33. The molecular weight excluding hydrogens is 513 g/mol. The number of aromatic nitrogens is 3. The molecule has 0 spiro atoms. The minimum Gasteiger partial charge on any atom is -0.467 e. The van der Waals surface area contributed by atoms with Crippen molar-refractivity contribution in [1.29, 1.82) is 0 Å². The highest BCUT2D eigenvalue weighted by molar-refractivity contribution is 7.99. The Morgan fingerprint density at radius 3 is 2.54 bits per heavy atom. The van der Waals surface area contributed by atoms with Gasteiger partial charge in [-0.05, 0) is 42.5 Å². The van der Waals surface area contributed by atoms with Gasteiger partial charge in [-0.25, -0.2) is 0 Å². The van der Waals surface area contributed by atoms with Crippen molar-refractivity contribution in [3.05, 3.63) is 94.2 Å². The number of thioether (sulfide) groups is 1. The van der Waals surface area contributed by atoms with Crippen molar-refractivity contribution in [1.82, 2.24) is 14.8 Å². The van der Waals surface area contributed by atoms with Crippen molar-refractivity contribution in [3.63, 3.8) is 0 Å². The lowest BCUT2D eigenvalue weighted by Gasteiger charge is -2.12. The highest BCUT2D eigenvalue weighted by Crippen LogP contribution is 2.31. The SMILES string of the molecule is O=C(CSc1nnc(CNc2cccc(C(F)(F)F)c2)n1Cc1ccco1)Nc1ccc([N+](=O)[O-])cc1. The van der Waals surface area contributed by atoms with Gasteiger partial charge in [-0.1, -0.05) is 17.8 Å². The molecule has 0 saturated heterocycles. The monoisotopic (exact) mass is 532 g/mol. The number of nitro benzene ring substituents is 1. The predicted molar refractivity (Wildman–Crippen MR) is 129 cm³/mol. The molecule has 0 aliphatic heterocycles. The van der Waals surface area contributed by atoms with Crippen LogP contribution in [0.15, 0.2) is 76.5 Å². The lowest BCUT2D eigenvalue weighted by atomic mass is 10.2. The van der Waals surface area contributed by atoms with Gasteiger partial charge in [0.15, 0.2) is 11.0 Å². The van der Waals surface area contributed by atoms with Crippen molar-refractivity contribution in [2.45, 2.75) is 24.4 Å². The van der Waals surface area contributed by atoms with E-state index in [9.17, 15) is 28.1 Å². The van der Waals surface area contributed by atoms with Crippen LogP contribution < -0.4 is 10.6 Å². The summed E-state index contributed by atoms with van der Waals surface area (Å²) in [6.45, 7) is 0.316. The Balaban J connectivity index is 1.44. The van der Waals surface area contributed by atoms with Crippen molar-refractivity contribution in [2.24, 2.45) is 0 Å². The fourth-order valence-corrected chi connectivity index (χ4v) is 4.01. The van der Waals surface area contributed by atoms with Gasteiger partial charge in [-0.15, -0.1) is 10.2 Å². The van der Waals surface area contributed by atoms with Crippen molar-refractivity contribution in [2.75, 3.05) is 16.4 Å². The number of hydrogen-bond acceptors (Lipinski definition) is 8. The van der Waals surface area contributed by atoms with Gasteiger partial charge in [-0.3, -0.25) is 19.5 Å². The van der Waals surface area contributed by atoms with Gasteiger partial charge in [0, 0.05) is 23.5 Å². The fraction of sp³-hybridized carbons (Fsp3) is 0.174. The zero-order valence-corrected chi connectivity index (χ0v) is 19.8. The van der Waals surface area contributed by atoms with Crippen LogP contribution in [0.4, 0.5) is 30.2 Å². The quantitative estimate of drug-likeness (QED) is 0.162. The molecule has 2 aromatic carbocycles. The molecule has 0 aliphatic rings. The highest BCUT2D eigenvalue weighted by atomic mass is 32.2. The molecule has 2 N–H and O–H groups in total. The van der Waals surface area contributed by atoms with Crippen molar-refractivity contribution >= 4 is 34.7 Å². The van der Waals surface area contributed by atoms with E-state index in [1.807, 2.05) is 0 Å². The van der Waals surface area contributed by atoms with E-state index in [1.165, 1.54) is 42.7 Å². The summed E-state index contributed by atoms with van der Waals surface area (Å²) < 4.78 is 46.2. The van der Waals surface area contributed by atoms with E-state index in [0.29, 0.717) is 22.4 Å². The number of carbonyl (C=O) groups is 1. The van der Waals surface area contributed by atoms with E-state index in [-0.39, 0.29) is 36.1 Å².